The lowest BCUT2D eigenvalue weighted by Crippen LogP contribution is -1.94. The molecule has 0 aliphatic rings. The molecule has 3 rings (SSSR count). The van der Waals surface area contributed by atoms with Gasteiger partial charge >= 0.3 is 5.97 Å². The van der Waals surface area contributed by atoms with E-state index in [2.05, 4.69) is 10.2 Å². The van der Waals surface area contributed by atoms with Crippen LogP contribution >= 0.6 is 0 Å². The van der Waals surface area contributed by atoms with Crippen molar-refractivity contribution >= 4 is 22.7 Å². The van der Waals surface area contributed by atoms with Crippen LogP contribution in [0.2, 0.25) is 0 Å². The van der Waals surface area contributed by atoms with E-state index in [4.69, 9.17) is 10.8 Å². The van der Waals surface area contributed by atoms with Crippen molar-refractivity contribution in [3.63, 3.8) is 0 Å². The summed E-state index contributed by atoms with van der Waals surface area (Å²) in [7, 11) is 0. The molecular formula is C14H11N3O2. The predicted octanol–water partition coefficient (Wildman–Crippen LogP) is 2.51. The first kappa shape index (κ1) is 11.3. The number of anilines is 1. The number of fused-ring (bicyclic) bond motifs is 1. The van der Waals surface area contributed by atoms with E-state index in [1.165, 1.54) is 0 Å². The second-order valence-electron chi connectivity index (χ2n) is 4.25. The van der Waals surface area contributed by atoms with Gasteiger partial charge in [-0.1, -0.05) is 18.2 Å². The van der Waals surface area contributed by atoms with Gasteiger partial charge in [0.15, 0.2) is 5.82 Å². The van der Waals surface area contributed by atoms with E-state index in [9.17, 15) is 4.79 Å². The molecule has 0 radical (unpaired) electrons. The van der Waals surface area contributed by atoms with Crippen LogP contribution in [0.5, 0.6) is 0 Å². The number of nitrogens with one attached hydrogen (secondary N) is 1. The minimum Gasteiger partial charge on any atom is -0.478 e. The van der Waals surface area contributed by atoms with E-state index in [1.54, 1.807) is 24.3 Å². The van der Waals surface area contributed by atoms with Gasteiger partial charge in [0.1, 0.15) is 0 Å². The summed E-state index contributed by atoms with van der Waals surface area (Å²) in [6, 6.07) is 12.5. The summed E-state index contributed by atoms with van der Waals surface area (Å²) < 4.78 is 0. The lowest BCUT2D eigenvalue weighted by molar-refractivity contribution is 0.0697. The summed E-state index contributed by atoms with van der Waals surface area (Å²) in [6.07, 6.45) is 0. The Morgan fingerprint density at radius 1 is 1.11 bits per heavy atom. The Morgan fingerprint density at radius 3 is 2.47 bits per heavy atom. The first-order valence-electron chi connectivity index (χ1n) is 5.72. The maximum Gasteiger partial charge on any atom is 0.335 e. The van der Waals surface area contributed by atoms with E-state index < -0.39 is 5.97 Å². The summed E-state index contributed by atoms with van der Waals surface area (Å²) in [5.41, 5.74) is 8.77. The molecule has 0 unspecified atom stereocenters. The van der Waals surface area contributed by atoms with Crippen LogP contribution in [-0.2, 0) is 0 Å². The Hall–Kier alpha value is -2.82. The third-order valence-electron chi connectivity index (χ3n) is 3.06. The van der Waals surface area contributed by atoms with E-state index in [1.807, 2.05) is 18.2 Å². The number of rotatable bonds is 2. The first-order valence-corrected chi connectivity index (χ1v) is 5.72. The van der Waals surface area contributed by atoms with Gasteiger partial charge in [-0.3, -0.25) is 5.10 Å². The van der Waals surface area contributed by atoms with Crippen LogP contribution < -0.4 is 5.73 Å². The van der Waals surface area contributed by atoms with Gasteiger partial charge in [0.25, 0.3) is 0 Å². The van der Waals surface area contributed by atoms with Crippen molar-refractivity contribution in [3.05, 3.63) is 48.0 Å². The minimum absolute atomic E-state index is 0.274. The molecule has 0 amide bonds. The summed E-state index contributed by atoms with van der Waals surface area (Å²) in [5.74, 6) is -0.453. The van der Waals surface area contributed by atoms with Crippen LogP contribution in [0.4, 0.5) is 5.82 Å². The SMILES string of the molecule is Nc1n[nH]c2cc(-c3ccc(C(=O)O)cc3)ccc12. The van der Waals surface area contributed by atoms with Gasteiger partial charge < -0.3 is 10.8 Å². The lowest BCUT2D eigenvalue weighted by Gasteiger charge is -2.02. The summed E-state index contributed by atoms with van der Waals surface area (Å²) in [5, 5.41) is 16.5. The Bertz CT molecular complexity index is 760. The normalized spacial score (nSPS) is 10.7. The Kier molecular flexibility index (Phi) is 2.45. The lowest BCUT2D eigenvalue weighted by atomic mass is 10.0. The molecule has 2 aromatic carbocycles. The van der Waals surface area contributed by atoms with Crippen molar-refractivity contribution < 1.29 is 9.90 Å². The third-order valence-corrected chi connectivity index (χ3v) is 3.06. The standard InChI is InChI=1S/C14H11N3O2/c15-13-11-6-5-10(7-12(11)16-17-13)8-1-3-9(4-2-8)14(18)19/h1-7H,(H,18,19)(H3,15,16,17). The molecule has 0 fully saturated rings. The third kappa shape index (κ3) is 1.91. The van der Waals surface area contributed by atoms with Crippen LogP contribution in [-0.4, -0.2) is 21.3 Å². The van der Waals surface area contributed by atoms with Gasteiger partial charge in [0.2, 0.25) is 0 Å². The number of carbonyl (C=O) groups is 1. The van der Waals surface area contributed by atoms with Gasteiger partial charge in [-0.15, -0.1) is 0 Å². The molecule has 19 heavy (non-hydrogen) atoms. The molecule has 0 spiro atoms. The number of nitrogen functional groups attached to an aromatic ring is 1. The van der Waals surface area contributed by atoms with Crippen molar-refractivity contribution in [1.29, 1.82) is 0 Å². The fraction of sp³-hybridized carbons (Fsp3) is 0. The number of nitrogens with two attached hydrogens (primary N) is 1. The largest absolute Gasteiger partial charge is 0.478 e. The summed E-state index contributed by atoms with van der Waals surface area (Å²) >= 11 is 0. The molecule has 1 heterocycles. The number of H-pyrrole nitrogens is 1. The van der Waals surface area contributed by atoms with Gasteiger partial charge in [-0.25, -0.2) is 4.79 Å². The predicted molar refractivity (Wildman–Crippen MR) is 72.9 cm³/mol. The number of carboxylic acids is 1. The van der Waals surface area contributed by atoms with Gasteiger partial charge in [-0.2, -0.15) is 5.10 Å². The smallest absolute Gasteiger partial charge is 0.335 e. The minimum atomic E-state index is -0.927. The molecule has 0 saturated carbocycles. The molecule has 0 saturated heterocycles. The number of aromatic carboxylic acids is 1. The molecular weight excluding hydrogens is 242 g/mol. The number of benzene rings is 2. The number of carboxylic acid groups (broad SMARTS) is 1. The second-order valence-corrected chi connectivity index (χ2v) is 4.25. The summed E-state index contributed by atoms with van der Waals surface area (Å²) in [4.78, 5) is 10.8. The Balaban J connectivity index is 2.05. The molecule has 5 heteroatoms. The van der Waals surface area contributed by atoms with Crippen molar-refractivity contribution in [1.82, 2.24) is 10.2 Å². The number of hydrogen-bond acceptors (Lipinski definition) is 3. The number of nitrogens with zero attached hydrogens (tertiary/aromatic N) is 1. The molecule has 0 aliphatic carbocycles. The molecule has 3 aromatic rings. The van der Waals surface area contributed by atoms with Gasteiger partial charge in [0, 0.05) is 5.39 Å². The zero-order chi connectivity index (χ0) is 13.4. The number of aromatic nitrogens is 2. The van der Waals surface area contributed by atoms with E-state index in [-0.39, 0.29) is 5.56 Å². The van der Waals surface area contributed by atoms with Crippen molar-refractivity contribution in [3.8, 4) is 11.1 Å². The highest BCUT2D eigenvalue weighted by molar-refractivity contribution is 5.92. The number of aromatic amines is 1. The fourth-order valence-electron chi connectivity index (χ4n) is 2.03. The fourth-order valence-corrected chi connectivity index (χ4v) is 2.03. The van der Waals surface area contributed by atoms with Crippen LogP contribution in [0.3, 0.4) is 0 Å². The molecule has 0 bridgehead atoms. The average Bonchev–Trinajstić information content (AvgIpc) is 2.80. The number of hydrogen-bond donors (Lipinski definition) is 3. The van der Waals surface area contributed by atoms with Crippen molar-refractivity contribution in [2.45, 2.75) is 0 Å². The Labute approximate surface area is 108 Å². The van der Waals surface area contributed by atoms with Crippen molar-refractivity contribution in [2.24, 2.45) is 0 Å². The van der Waals surface area contributed by atoms with Crippen molar-refractivity contribution in [2.75, 3.05) is 5.73 Å². The van der Waals surface area contributed by atoms with Gasteiger partial charge in [0.05, 0.1) is 11.1 Å². The molecule has 4 N–H and O–H groups in total. The maximum absolute atomic E-state index is 10.8. The highest BCUT2D eigenvalue weighted by Crippen LogP contribution is 2.26. The molecule has 0 aliphatic heterocycles. The average molecular weight is 253 g/mol. The maximum atomic E-state index is 10.8. The molecule has 1 aromatic heterocycles. The van der Waals surface area contributed by atoms with Crippen LogP contribution in [0.15, 0.2) is 42.5 Å². The quantitative estimate of drug-likeness (QED) is 0.654. The van der Waals surface area contributed by atoms with Crippen LogP contribution in [0, 0.1) is 0 Å². The monoisotopic (exact) mass is 253 g/mol. The van der Waals surface area contributed by atoms with Crippen LogP contribution in [0.25, 0.3) is 22.0 Å². The highest BCUT2D eigenvalue weighted by Gasteiger charge is 2.06. The first-order chi connectivity index (χ1) is 9.15. The Morgan fingerprint density at radius 2 is 1.79 bits per heavy atom. The van der Waals surface area contributed by atoms with E-state index in [0.29, 0.717) is 5.82 Å². The molecule has 0 atom stereocenters. The van der Waals surface area contributed by atoms with E-state index >= 15 is 0 Å². The van der Waals surface area contributed by atoms with Gasteiger partial charge in [-0.05, 0) is 35.4 Å². The zero-order valence-electron chi connectivity index (χ0n) is 9.92. The highest BCUT2D eigenvalue weighted by atomic mass is 16.4. The van der Waals surface area contributed by atoms with Crippen LogP contribution in [0.1, 0.15) is 10.4 Å². The topological polar surface area (TPSA) is 92.0 Å². The van der Waals surface area contributed by atoms with E-state index in [0.717, 1.165) is 22.0 Å². The second kappa shape index (κ2) is 4.13. The zero-order valence-corrected chi connectivity index (χ0v) is 9.92. The molecule has 94 valence electrons. The molecule has 5 nitrogen and oxygen atoms in total. The summed E-state index contributed by atoms with van der Waals surface area (Å²) in [6.45, 7) is 0.